The lowest BCUT2D eigenvalue weighted by Gasteiger charge is -2.21. The summed E-state index contributed by atoms with van der Waals surface area (Å²) in [4.78, 5) is 73.8. The number of benzene rings is 1. The van der Waals surface area contributed by atoms with Crippen LogP contribution >= 0.6 is 0 Å². The van der Waals surface area contributed by atoms with Crippen molar-refractivity contribution >= 4 is 46.4 Å². The molecule has 11 N–H and O–H groups in total. The number of hydrogen-bond acceptors (Lipinski definition) is 7. The molecule has 5 amide bonds. The molecule has 0 saturated heterocycles. The van der Waals surface area contributed by atoms with E-state index in [0.29, 0.717) is 5.56 Å². The predicted octanol–water partition coefficient (Wildman–Crippen LogP) is -2.65. The first kappa shape index (κ1) is 27.8. The van der Waals surface area contributed by atoms with E-state index in [-0.39, 0.29) is 19.3 Å². The fourth-order valence-corrected chi connectivity index (χ4v) is 3.37. The van der Waals surface area contributed by atoms with E-state index < -0.39 is 66.6 Å². The van der Waals surface area contributed by atoms with Crippen molar-refractivity contribution in [2.45, 2.75) is 43.8 Å². The Morgan fingerprint density at radius 3 is 2.28 bits per heavy atom. The number of rotatable bonds is 14. The predicted molar refractivity (Wildman–Crippen MR) is 127 cm³/mol. The number of nitrogens with one attached hydrogen (secondary N) is 4. The van der Waals surface area contributed by atoms with E-state index in [1.165, 1.54) is 0 Å². The summed E-state index contributed by atoms with van der Waals surface area (Å²) in [5.74, 6) is -5.36. The van der Waals surface area contributed by atoms with Crippen LogP contribution in [-0.2, 0) is 35.2 Å². The van der Waals surface area contributed by atoms with E-state index in [0.717, 1.165) is 10.9 Å². The fraction of sp³-hybridized carbons (Fsp3) is 0.364. The molecule has 0 aliphatic heterocycles. The molecule has 36 heavy (non-hydrogen) atoms. The molecule has 3 atom stereocenters. The van der Waals surface area contributed by atoms with Crippen molar-refractivity contribution in [2.24, 2.45) is 17.2 Å². The van der Waals surface area contributed by atoms with Gasteiger partial charge in [-0.15, -0.1) is 0 Å². The Morgan fingerprint density at radius 1 is 0.944 bits per heavy atom. The van der Waals surface area contributed by atoms with Gasteiger partial charge in [0, 0.05) is 29.9 Å². The van der Waals surface area contributed by atoms with Gasteiger partial charge >= 0.3 is 5.97 Å². The van der Waals surface area contributed by atoms with Gasteiger partial charge in [-0.05, 0) is 18.1 Å². The lowest BCUT2D eigenvalue weighted by Crippen LogP contribution is -2.54. The van der Waals surface area contributed by atoms with Crippen LogP contribution in [0.1, 0.15) is 24.8 Å². The Bertz CT molecular complexity index is 1150. The van der Waals surface area contributed by atoms with Crippen molar-refractivity contribution in [1.82, 2.24) is 20.9 Å². The molecule has 0 spiro atoms. The van der Waals surface area contributed by atoms with Crippen LogP contribution in [0.5, 0.6) is 0 Å². The van der Waals surface area contributed by atoms with E-state index in [9.17, 15) is 28.8 Å². The number of amides is 5. The minimum atomic E-state index is -1.56. The van der Waals surface area contributed by atoms with Crippen LogP contribution in [0.25, 0.3) is 10.9 Å². The Morgan fingerprint density at radius 2 is 1.64 bits per heavy atom. The maximum atomic E-state index is 12.9. The number of carbonyl (C=O) groups excluding carboxylic acids is 5. The summed E-state index contributed by atoms with van der Waals surface area (Å²) in [6.07, 6.45) is 0.937. The Labute approximate surface area is 205 Å². The van der Waals surface area contributed by atoms with Gasteiger partial charge in [0.25, 0.3) is 0 Å². The summed E-state index contributed by atoms with van der Waals surface area (Å²) in [5.41, 5.74) is 17.4. The lowest BCUT2D eigenvalue weighted by atomic mass is 10.0. The normalized spacial score (nSPS) is 13.2. The van der Waals surface area contributed by atoms with Crippen LogP contribution in [0.15, 0.2) is 30.5 Å². The van der Waals surface area contributed by atoms with E-state index in [2.05, 4.69) is 20.9 Å². The average Bonchev–Trinajstić information content (AvgIpc) is 3.22. The van der Waals surface area contributed by atoms with Crippen LogP contribution in [0, 0.1) is 0 Å². The van der Waals surface area contributed by atoms with Gasteiger partial charge in [0.05, 0.1) is 19.0 Å². The standard InChI is InChI=1S/C22H29N7O7/c23-13(5-6-17(24)30)20(33)29-15(7-11-9-26-14-4-2-1-3-12(11)14)21(34)27-10-19(32)28-16(22(35)36)8-18(25)31/h1-4,9,13,15-16,26H,5-8,10,23H2,(H2,24,30)(H2,25,31)(H,27,34)(H,28,32)(H,29,33)(H,35,36). The van der Waals surface area contributed by atoms with E-state index in [4.69, 9.17) is 22.3 Å². The number of primary amides is 2. The highest BCUT2D eigenvalue weighted by molar-refractivity contribution is 5.94. The highest BCUT2D eigenvalue weighted by atomic mass is 16.4. The first-order valence-corrected chi connectivity index (χ1v) is 10.9. The molecule has 0 fully saturated rings. The summed E-state index contributed by atoms with van der Waals surface area (Å²) in [7, 11) is 0. The van der Waals surface area contributed by atoms with Gasteiger partial charge in [-0.25, -0.2) is 4.79 Å². The zero-order valence-electron chi connectivity index (χ0n) is 19.3. The summed E-state index contributed by atoms with van der Waals surface area (Å²) < 4.78 is 0. The molecule has 2 rings (SSSR count). The largest absolute Gasteiger partial charge is 0.480 e. The van der Waals surface area contributed by atoms with Crippen molar-refractivity contribution in [2.75, 3.05) is 6.54 Å². The number of fused-ring (bicyclic) bond motifs is 1. The number of para-hydroxylation sites is 1. The Balaban J connectivity index is 2.11. The maximum absolute atomic E-state index is 12.9. The van der Waals surface area contributed by atoms with Crippen molar-refractivity contribution in [3.63, 3.8) is 0 Å². The first-order valence-electron chi connectivity index (χ1n) is 10.9. The quantitative estimate of drug-likeness (QED) is 0.135. The van der Waals surface area contributed by atoms with E-state index in [1.54, 1.807) is 6.20 Å². The molecular formula is C22H29N7O7. The topological polar surface area (TPSA) is 253 Å². The molecule has 0 radical (unpaired) electrons. The molecule has 14 nitrogen and oxygen atoms in total. The van der Waals surface area contributed by atoms with Crippen molar-refractivity contribution in [3.05, 3.63) is 36.0 Å². The first-order chi connectivity index (χ1) is 17.0. The molecule has 1 aromatic carbocycles. The zero-order valence-corrected chi connectivity index (χ0v) is 19.3. The number of aromatic amines is 1. The third-order valence-electron chi connectivity index (χ3n) is 5.23. The SMILES string of the molecule is NC(=O)CCC(N)C(=O)NC(Cc1c[nH]c2ccccc12)C(=O)NCC(=O)NC(CC(N)=O)C(=O)O. The van der Waals surface area contributed by atoms with Gasteiger partial charge in [0.2, 0.25) is 29.5 Å². The molecule has 0 aliphatic carbocycles. The van der Waals surface area contributed by atoms with Crippen LogP contribution in [0.4, 0.5) is 0 Å². The Kier molecular flexibility index (Phi) is 9.92. The molecule has 3 unspecified atom stereocenters. The van der Waals surface area contributed by atoms with Gasteiger partial charge < -0.3 is 43.2 Å². The van der Waals surface area contributed by atoms with Gasteiger partial charge in [-0.1, -0.05) is 18.2 Å². The fourth-order valence-electron chi connectivity index (χ4n) is 3.37. The Hall–Kier alpha value is -4.46. The second-order valence-electron chi connectivity index (χ2n) is 8.08. The van der Waals surface area contributed by atoms with Gasteiger partial charge in [0.15, 0.2) is 0 Å². The molecule has 1 aromatic heterocycles. The van der Waals surface area contributed by atoms with Gasteiger partial charge in [-0.2, -0.15) is 0 Å². The van der Waals surface area contributed by atoms with Crippen molar-refractivity contribution in [3.8, 4) is 0 Å². The summed E-state index contributed by atoms with van der Waals surface area (Å²) in [6.45, 7) is -0.630. The minimum Gasteiger partial charge on any atom is -0.480 e. The van der Waals surface area contributed by atoms with Crippen molar-refractivity contribution in [1.29, 1.82) is 0 Å². The van der Waals surface area contributed by atoms with E-state index >= 15 is 0 Å². The second kappa shape index (κ2) is 12.9. The van der Waals surface area contributed by atoms with Crippen LogP contribution < -0.4 is 33.2 Å². The maximum Gasteiger partial charge on any atom is 0.326 e. The third-order valence-corrected chi connectivity index (χ3v) is 5.23. The monoisotopic (exact) mass is 503 g/mol. The van der Waals surface area contributed by atoms with Crippen LogP contribution in [0.2, 0.25) is 0 Å². The van der Waals surface area contributed by atoms with Crippen LogP contribution in [-0.4, -0.2) is 70.3 Å². The summed E-state index contributed by atoms with van der Waals surface area (Å²) in [6, 6.07) is 3.47. The molecular weight excluding hydrogens is 474 g/mol. The number of aromatic nitrogens is 1. The number of hydrogen-bond donors (Lipinski definition) is 8. The number of aliphatic carboxylic acids is 1. The number of H-pyrrole nitrogens is 1. The molecule has 194 valence electrons. The summed E-state index contributed by atoms with van der Waals surface area (Å²) in [5, 5.41) is 16.9. The highest BCUT2D eigenvalue weighted by Crippen LogP contribution is 2.19. The lowest BCUT2D eigenvalue weighted by molar-refractivity contribution is -0.143. The number of nitrogens with two attached hydrogens (primary N) is 3. The second-order valence-corrected chi connectivity index (χ2v) is 8.08. The summed E-state index contributed by atoms with van der Waals surface area (Å²) >= 11 is 0. The third kappa shape index (κ3) is 8.39. The zero-order chi connectivity index (χ0) is 26.8. The van der Waals surface area contributed by atoms with E-state index in [1.807, 2.05) is 24.3 Å². The number of carboxylic acid groups (broad SMARTS) is 1. The average molecular weight is 504 g/mol. The van der Waals surface area contributed by atoms with Gasteiger partial charge in [-0.3, -0.25) is 24.0 Å². The smallest absolute Gasteiger partial charge is 0.326 e. The van der Waals surface area contributed by atoms with Gasteiger partial charge in [0.1, 0.15) is 12.1 Å². The van der Waals surface area contributed by atoms with Crippen LogP contribution in [0.3, 0.4) is 0 Å². The number of carboxylic acids is 1. The van der Waals surface area contributed by atoms with Crippen molar-refractivity contribution < 1.29 is 33.9 Å². The molecule has 0 saturated carbocycles. The molecule has 0 bridgehead atoms. The molecule has 2 aromatic rings. The highest BCUT2D eigenvalue weighted by Gasteiger charge is 2.27. The molecule has 14 heteroatoms. The number of carbonyl (C=O) groups is 6. The molecule has 0 aliphatic rings. The molecule has 1 heterocycles. The minimum absolute atomic E-state index is 0.0264.